The van der Waals surface area contributed by atoms with Crippen LogP contribution in [0, 0.1) is 0 Å². The zero-order valence-electron chi connectivity index (χ0n) is 12.8. The topological polar surface area (TPSA) is 71.1 Å². The molecule has 0 saturated heterocycles. The summed E-state index contributed by atoms with van der Waals surface area (Å²) in [5, 5.41) is 6.04. The van der Waals surface area contributed by atoms with E-state index in [9.17, 15) is 9.59 Å². The first-order valence-electron chi connectivity index (χ1n) is 7.41. The second kappa shape index (κ2) is 8.29. The Bertz CT molecular complexity index is 704. The number of nitrogens with one attached hydrogen (secondary N) is 2. The van der Waals surface area contributed by atoms with Gasteiger partial charge >= 0.3 is 0 Å². The zero-order chi connectivity index (χ0) is 16.7. The monoisotopic (exact) mass is 331 g/mol. The molecule has 6 heteroatoms. The van der Waals surface area contributed by atoms with Gasteiger partial charge in [0.25, 0.3) is 11.8 Å². The first-order chi connectivity index (χ1) is 11.1. The number of carbonyl (C=O) groups is 2. The van der Waals surface area contributed by atoms with Crippen LogP contribution in [-0.4, -0.2) is 23.3 Å². The minimum atomic E-state index is -0.322. The predicted molar refractivity (Wildman–Crippen MR) is 90.9 cm³/mol. The van der Waals surface area contributed by atoms with Crippen molar-refractivity contribution in [1.82, 2.24) is 10.3 Å². The molecule has 0 atom stereocenters. The van der Waals surface area contributed by atoms with Crippen molar-refractivity contribution in [2.24, 2.45) is 0 Å². The molecule has 2 rings (SSSR count). The number of pyridine rings is 1. The summed E-state index contributed by atoms with van der Waals surface area (Å²) in [6.07, 6.45) is 3.35. The summed E-state index contributed by atoms with van der Waals surface area (Å²) in [6, 6.07) is 9.89. The molecule has 23 heavy (non-hydrogen) atoms. The van der Waals surface area contributed by atoms with Gasteiger partial charge in [0.15, 0.2) is 0 Å². The second-order valence-corrected chi connectivity index (χ2v) is 5.44. The van der Waals surface area contributed by atoms with Crippen LogP contribution in [0.1, 0.15) is 40.6 Å². The third-order valence-electron chi connectivity index (χ3n) is 3.15. The fourth-order valence-corrected chi connectivity index (χ4v) is 2.12. The smallest absolute Gasteiger partial charge is 0.269 e. The number of halogens is 1. The van der Waals surface area contributed by atoms with E-state index < -0.39 is 0 Å². The average Bonchev–Trinajstić information content (AvgIpc) is 2.55. The molecule has 0 radical (unpaired) electrons. The highest BCUT2D eigenvalue weighted by molar-refractivity contribution is 6.31. The van der Waals surface area contributed by atoms with E-state index in [1.165, 1.54) is 12.3 Å². The zero-order valence-corrected chi connectivity index (χ0v) is 13.6. The number of amides is 2. The van der Waals surface area contributed by atoms with Gasteiger partial charge < -0.3 is 10.6 Å². The number of rotatable bonds is 6. The number of unbranched alkanes of at least 4 members (excludes halogenated alkanes) is 1. The number of nitrogens with zero attached hydrogens (tertiary/aromatic N) is 1. The summed E-state index contributed by atoms with van der Waals surface area (Å²) in [6.45, 7) is 2.64. The van der Waals surface area contributed by atoms with Crippen molar-refractivity contribution in [2.45, 2.75) is 19.8 Å². The van der Waals surface area contributed by atoms with Crippen molar-refractivity contribution in [3.8, 4) is 0 Å². The van der Waals surface area contributed by atoms with E-state index >= 15 is 0 Å². The van der Waals surface area contributed by atoms with Crippen molar-refractivity contribution in [3.05, 3.63) is 58.9 Å². The maximum absolute atomic E-state index is 12.2. The van der Waals surface area contributed by atoms with Gasteiger partial charge in [-0.15, -0.1) is 0 Å². The summed E-state index contributed by atoms with van der Waals surface area (Å²) < 4.78 is 0. The molecule has 5 nitrogen and oxygen atoms in total. The SMILES string of the molecule is CCCCNC(=O)c1cc(C(=O)Nc2cccc(Cl)c2)ccn1. The lowest BCUT2D eigenvalue weighted by atomic mass is 10.2. The van der Waals surface area contributed by atoms with E-state index in [0.717, 1.165) is 12.8 Å². The number of anilines is 1. The van der Waals surface area contributed by atoms with Crippen LogP contribution in [0.25, 0.3) is 0 Å². The van der Waals surface area contributed by atoms with E-state index in [4.69, 9.17) is 11.6 Å². The van der Waals surface area contributed by atoms with Crippen LogP contribution < -0.4 is 10.6 Å². The van der Waals surface area contributed by atoms with Gasteiger partial charge in [0.05, 0.1) is 0 Å². The lowest BCUT2D eigenvalue weighted by Crippen LogP contribution is -2.25. The summed E-state index contributed by atoms with van der Waals surface area (Å²) in [7, 11) is 0. The Hall–Kier alpha value is -2.40. The van der Waals surface area contributed by atoms with Gasteiger partial charge in [-0.2, -0.15) is 0 Å². The quantitative estimate of drug-likeness (QED) is 0.796. The molecule has 2 aromatic rings. The molecule has 0 spiro atoms. The van der Waals surface area contributed by atoms with Crippen LogP contribution in [0.5, 0.6) is 0 Å². The van der Waals surface area contributed by atoms with E-state index in [2.05, 4.69) is 15.6 Å². The van der Waals surface area contributed by atoms with Gasteiger partial charge in [0.2, 0.25) is 0 Å². The molecular formula is C17H18ClN3O2. The van der Waals surface area contributed by atoms with E-state index in [-0.39, 0.29) is 17.5 Å². The number of benzene rings is 1. The Balaban J connectivity index is 2.06. The predicted octanol–water partition coefficient (Wildman–Crippen LogP) is 3.52. The van der Waals surface area contributed by atoms with Crippen LogP contribution in [0.4, 0.5) is 5.69 Å². The summed E-state index contributed by atoms with van der Waals surface area (Å²) in [5.41, 5.74) is 1.17. The van der Waals surface area contributed by atoms with E-state index in [0.29, 0.717) is 22.8 Å². The minimum Gasteiger partial charge on any atom is -0.351 e. The van der Waals surface area contributed by atoms with Crippen molar-refractivity contribution in [1.29, 1.82) is 0 Å². The Kier molecular flexibility index (Phi) is 6.11. The minimum absolute atomic E-state index is 0.222. The fourth-order valence-electron chi connectivity index (χ4n) is 1.93. The van der Waals surface area contributed by atoms with E-state index in [1.807, 2.05) is 6.92 Å². The highest BCUT2D eigenvalue weighted by Crippen LogP contribution is 2.16. The van der Waals surface area contributed by atoms with Gasteiger partial charge in [-0.25, -0.2) is 0 Å². The van der Waals surface area contributed by atoms with Gasteiger partial charge in [-0.3, -0.25) is 14.6 Å². The Morgan fingerprint density at radius 2 is 2.00 bits per heavy atom. The van der Waals surface area contributed by atoms with Gasteiger partial charge in [0.1, 0.15) is 5.69 Å². The van der Waals surface area contributed by atoms with Crippen LogP contribution >= 0.6 is 11.6 Å². The Labute approximate surface area is 140 Å². The number of hydrogen-bond acceptors (Lipinski definition) is 3. The average molecular weight is 332 g/mol. The van der Waals surface area contributed by atoms with Gasteiger partial charge in [-0.05, 0) is 36.8 Å². The number of hydrogen-bond donors (Lipinski definition) is 2. The van der Waals surface area contributed by atoms with Crippen LogP contribution in [0.2, 0.25) is 5.02 Å². The molecule has 0 unspecified atom stereocenters. The maximum Gasteiger partial charge on any atom is 0.269 e. The third kappa shape index (κ3) is 5.07. The number of aromatic nitrogens is 1. The molecular weight excluding hydrogens is 314 g/mol. The molecule has 1 heterocycles. The lowest BCUT2D eigenvalue weighted by molar-refractivity contribution is 0.0948. The third-order valence-corrected chi connectivity index (χ3v) is 3.39. The first kappa shape index (κ1) is 17.0. The van der Waals surface area contributed by atoms with E-state index in [1.54, 1.807) is 30.3 Å². The Morgan fingerprint density at radius 3 is 2.74 bits per heavy atom. The molecule has 2 N–H and O–H groups in total. The van der Waals surface area contributed by atoms with Crippen molar-refractivity contribution >= 4 is 29.1 Å². The molecule has 0 aliphatic rings. The molecule has 2 amide bonds. The Morgan fingerprint density at radius 1 is 1.17 bits per heavy atom. The van der Waals surface area contributed by atoms with Crippen molar-refractivity contribution in [3.63, 3.8) is 0 Å². The normalized spacial score (nSPS) is 10.2. The second-order valence-electron chi connectivity index (χ2n) is 5.00. The summed E-state index contributed by atoms with van der Waals surface area (Å²) in [4.78, 5) is 28.2. The van der Waals surface area contributed by atoms with Gasteiger partial charge in [0, 0.05) is 29.0 Å². The number of carbonyl (C=O) groups excluding carboxylic acids is 2. The van der Waals surface area contributed by atoms with Gasteiger partial charge in [-0.1, -0.05) is 31.0 Å². The molecule has 120 valence electrons. The highest BCUT2D eigenvalue weighted by Gasteiger charge is 2.11. The molecule has 0 saturated carbocycles. The molecule has 1 aromatic heterocycles. The standard InChI is InChI=1S/C17H18ClN3O2/c1-2-3-8-20-17(23)15-10-12(7-9-19-15)16(22)21-14-6-4-5-13(18)11-14/h4-7,9-11H,2-3,8H2,1H3,(H,20,23)(H,21,22). The largest absolute Gasteiger partial charge is 0.351 e. The molecule has 0 fully saturated rings. The van der Waals surface area contributed by atoms with Crippen LogP contribution in [-0.2, 0) is 0 Å². The first-order valence-corrected chi connectivity index (χ1v) is 7.79. The molecule has 1 aromatic carbocycles. The highest BCUT2D eigenvalue weighted by atomic mass is 35.5. The maximum atomic E-state index is 12.2. The molecule has 0 aliphatic heterocycles. The summed E-state index contributed by atoms with van der Waals surface area (Å²) in [5.74, 6) is -0.604. The van der Waals surface area contributed by atoms with Crippen molar-refractivity contribution < 1.29 is 9.59 Å². The fraction of sp³-hybridized carbons (Fsp3) is 0.235. The lowest BCUT2D eigenvalue weighted by Gasteiger charge is -2.07. The van der Waals surface area contributed by atoms with Crippen LogP contribution in [0.15, 0.2) is 42.6 Å². The molecule has 0 aliphatic carbocycles. The summed E-state index contributed by atoms with van der Waals surface area (Å²) >= 11 is 5.89. The van der Waals surface area contributed by atoms with Crippen molar-refractivity contribution in [2.75, 3.05) is 11.9 Å². The molecule has 0 bridgehead atoms. The van der Waals surface area contributed by atoms with Crippen LogP contribution in [0.3, 0.4) is 0 Å².